The standard InChI is InChI=1S/C14H20BrNO2/c1-4-13(11-5-7-12(15)8-6-11)16-14(17)9-18-10(2)3/h5-8,10,13H,4,9H2,1-3H3,(H,16,17). The number of carbonyl (C=O) groups excluding carboxylic acids is 1. The molecule has 0 aliphatic heterocycles. The van der Waals surface area contributed by atoms with Gasteiger partial charge in [0.2, 0.25) is 5.91 Å². The predicted molar refractivity (Wildman–Crippen MR) is 76.4 cm³/mol. The summed E-state index contributed by atoms with van der Waals surface area (Å²) < 4.78 is 6.32. The number of halogens is 1. The molecule has 1 rings (SSSR count). The van der Waals surface area contributed by atoms with Gasteiger partial charge in [-0.15, -0.1) is 0 Å². The Hall–Kier alpha value is -0.870. The summed E-state index contributed by atoms with van der Waals surface area (Å²) in [6.07, 6.45) is 0.929. The van der Waals surface area contributed by atoms with E-state index in [9.17, 15) is 4.79 Å². The Morgan fingerprint density at radius 3 is 2.44 bits per heavy atom. The van der Waals surface area contributed by atoms with Gasteiger partial charge in [-0.05, 0) is 38.0 Å². The predicted octanol–water partition coefficient (Wildman–Crippen LogP) is 3.44. The van der Waals surface area contributed by atoms with Gasteiger partial charge in [0.05, 0.1) is 12.1 Å². The van der Waals surface area contributed by atoms with Crippen LogP contribution in [-0.4, -0.2) is 18.6 Å². The van der Waals surface area contributed by atoms with Crippen LogP contribution in [0.15, 0.2) is 28.7 Å². The van der Waals surface area contributed by atoms with Gasteiger partial charge in [0.25, 0.3) is 0 Å². The number of hydrogen-bond donors (Lipinski definition) is 1. The van der Waals surface area contributed by atoms with Gasteiger partial charge in [-0.25, -0.2) is 0 Å². The fourth-order valence-electron chi connectivity index (χ4n) is 1.59. The van der Waals surface area contributed by atoms with E-state index in [-0.39, 0.29) is 24.7 Å². The molecule has 4 heteroatoms. The van der Waals surface area contributed by atoms with Crippen LogP contribution in [0.1, 0.15) is 38.8 Å². The molecule has 1 aromatic rings. The minimum atomic E-state index is -0.0709. The lowest BCUT2D eigenvalue weighted by atomic mass is 10.0. The fraction of sp³-hybridized carbons (Fsp3) is 0.500. The van der Waals surface area contributed by atoms with Crippen LogP contribution in [0.2, 0.25) is 0 Å². The van der Waals surface area contributed by atoms with Crippen molar-refractivity contribution >= 4 is 21.8 Å². The number of nitrogens with one attached hydrogen (secondary N) is 1. The van der Waals surface area contributed by atoms with Gasteiger partial charge in [0.15, 0.2) is 0 Å². The quantitative estimate of drug-likeness (QED) is 0.873. The van der Waals surface area contributed by atoms with Crippen molar-refractivity contribution in [2.75, 3.05) is 6.61 Å². The minimum absolute atomic E-state index is 0.0429. The lowest BCUT2D eigenvalue weighted by molar-refractivity contribution is -0.127. The molecule has 1 N–H and O–H groups in total. The molecular formula is C14H20BrNO2. The van der Waals surface area contributed by atoms with E-state index in [1.807, 2.05) is 38.1 Å². The van der Waals surface area contributed by atoms with Crippen LogP contribution in [0.4, 0.5) is 0 Å². The first-order chi connectivity index (χ1) is 8.52. The van der Waals surface area contributed by atoms with Crippen LogP contribution in [-0.2, 0) is 9.53 Å². The molecule has 1 aromatic carbocycles. The van der Waals surface area contributed by atoms with Crippen molar-refractivity contribution in [3.8, 4) is 0 Å². The number of amides is 1. The Morgan fingerprint density at radius 1 is 1.33 bits per heavy atom. The summed E-state index contributed by atoms with van der Waals surface area (Å²) >= 11 is 3.40. The first-order valence-electron chi connectivity index (χ1n) is 6.19. The van der Waals surface area contributed by atoms with Crippen LogP contribution in [0.25, 0.3) is 0 Å². The third-order valence-corrected chi connectivity index (χ3v) is 3.09. The molecule has 3 nitrogen and oxygen atoms in total. The van der Waals surface area contributed by atoms with Crippen LogP contribution in [0.3, 0.4) is 0 Å². The Bertz CT molecular complexity index is 376. The van der Waals surface area contributed by atoms with E-state index < -0.39 is 0 Å². The first kappa shape index (κ1) is 15.2. The summed E-state index contributed by atoms with van der Waals surface area (Å²) in [5, 5.41) is 2.98. The van der Waals surface area contributed by atoms with Crippen molar-refractivity contribution in [3.05, 3.63) is 34.3 Å². The highest BCUT2D eigenvalue weighted by Crippen LogP contribution is 2.19. The van der Waals surface area contributed by atoms with Crippen molar-refractivity contribution in [1.82, 2.24) is 5.32 Å². The molecule has 0 radical (unpaired) electrons. The molecule has 1 unspecified atom stereocenters. The average molecular weight is 314 g/mol. The Balaban J connectivity index is 2.56. The number of carbonyl (C=O) groups is 1. The van der Waals surface area contributed by atoms with Crippen molar-refractivity contribution in [2.24, 2.45) is 0 Å². The van der Waals surface area contributed by atoms with Gasteiger partial charge in [-0.1, -0.05) is 35.0 Å². The zero-order chi connectivity index (χ0) is 13.5. The second kappa shape index (κ2) is 7.54. The summed E-state index contributed by atoms with van der Waals surface area (Å²) in [5.41, 5.74) is 1.11. The second-order valence-electron chi connectivity index (χ2n) is 4.44. The topological polar surface area (TPSA) is 38.3 Å². The molecule has 100 valence electrons. The molecule has 0 heterocycles. The van der Waals surface area contributed by atoms with Gasteiger partial charge < -0.3 is 10.1 Å². The van der Waals surface area contributed by atoms with Gasteiger partial charge in [-0.3, -0.25) is 4.79 Å². The third kappa shape index (κ3) is 5.19. The maximum Gasteiger partial charge on any atom is 0.246 e. The van der Waals surface area contributed by atoms with E-state index in [1.54, 1.807) is 0 Å². The van der Waals surface area contributed by atoms with E-state index in [1.165, 1.54) is 0 Å². The largest absolute Gasteiger partial charge is 0.369 e. The van der Waals surface area contributed by atoms with Crippen LogP contribution >= 0.6 is 15.9 Å². The van der Waals surface area contributed by atoms with E-state index in [4.69, 9.17) is 4.74 Å². The highest BCUT2D eigenvalue weighted by Gasteiger charge is 2.12. The van der Waals surface area contributed by atoms with Crippen molar-refractivity contribution in [1.29, 1.82) is 0 Å². The van der Waals surface area contributed by atoms with E-state index in [0.29, 0.717) is 0 Å². The lowest BCUT2D eigenvalue weighted by Gasteiger charge is -2.18. The SMILES string of the molecule is CCC(NC(=O)COC(C)C)c1ccc(Br)cc1. The fourth-order valence-corrected chi connectivity index (χ4v) is 1.86. The van der Waals surface area contributed by atoms with Crippen molar-refractivity contribution < 1.29 is 9.53 Å². The highest BCUT2D eigenvalue weighted by molar-refractivity contribution is 9.10. The molecule has 0 aromatic heterocycles. The van der Waals surface area contributed by atoms with Crippen LogP contribution < -0.4 is 5.32 Å². The van der Waals surface area contributed by atoms with E-state index in [0.717, 1.165) is 16.5 Å². The highest BCUT2D eigenvalue weighted by atomic mass is 79.9. The molecule has 0 bridgehead atoms. The van der Waals surface area contributed by atoms with Gasteiger partial charge >= 0.3 is 0 Å². The third-order valence-electron chi connectivity index (χ3n) is 2.56. The summed E-state index contributed by atoms with van der Waals surface area (Å²) in [4.78, 5) is 11.7. The second-order valence-corrected chi connectivity index (χ2v) is 5.36. The summed E-state index contributed by atoms with van der Waals surface area (Å²) in [7, 11) is 0. The molecule has 0 spiro atoms. The minimum Gasteiger partial charge on any atom is -0.369 e. The molecule has 0 fully saturated rings. The Labute approximate surface area is 117 Å². The molecule has 0 saturated carbocycles. The first-order valence-corrected chi connectivity index (χ1v) is 6.98. The van der Waals surface area contributed by atoms with E-state index in [2.05, 4.69) is 28.2 Å². The number of ether oxygens (including phenoxy) is 1. The summed E-state index contributed by atoms with van der Waals surface area (Å²) in [6, 6.07) is 8.04. The summed E-state index contributed by atoms with van der Waals surface area (Å²) in [6.45, 7) is 6.00. The maximum atomic E-state index is 11.7. The molecule has 1 atom stereocenters. The average Bonchev–Trinajstić information content (AvgIpc) is 2.34. The van der Waals surface area contributed by atoms with Gasteiger partial charge in [0, 0.05) is 4.47 Å². The van der Waals surface area contributed by atoms with Crippen molar-refractivity contribution in [3.63, 3.8) is 0 Å². The molecule has 18 heavy (non-hydrogen) atoms. The number of benzene rings is 1. The zero-order valence-electron chi connectivity index (χ0n) is 11.1. The molecule has 0 saturated heterocycles. The monoisotopic (exact) mass is 313 g/mol. The Morgan fingerprint density at radius 2 is 1.94 bits per heavy atom. The molecule has 0 aliphatic rings. The molecular weight excluding hydrogens is 294 g/mol. The normalized spacial score (nSPS) is 12.5. The Kier molecular flexibility index (Phi) is 6.36. The molecule has 0 aliphatic carbocycles. The number of rotatable bonds is 6. The van der Waals surface area contributed by atoms with Crippen molar-refractivity contribution in [2.45, 2.75) is 39.3 Å². The summed E-state index contributed by atoms with van der Waals surface area (Å²) in [5.74, 6) is -0.0709. The maximum absolute atomic E-state index is 11.7. The van der Waals surface area contributed by atoms with Gasteiger partial charge in [0.1, 0.15) is 6.61 Å². The van der Waals surface area contributed by atoms with E-state index >= 15 is 0 Å². The number of hydrogen-bond acceptors (Lipinski definition) is 2. The van der Waals surface area contributed by atoms with Crippen LogP contribution in [0.5, 0.6) is 0 Å². The zero-order valence-corrected chi connectivity index (χ0v) is 12.7. The lowest BCUT2D eigenvalue weighted by Crippen LogP contribution is -2.32. The van der Waals surface area contributed by atoms with Gasteiger partial charge in [-0.2, -0.15) is 0 Å². The van der Waals surface area contributed by atoms with Crippen LogP contribution in [0, 0.1) is 0 Å². The molecule has 1 amide bonds. The smallest absolute Gasteiger partial charge is 0.246 e.